The van der Waals surface area contributed by atoms with E-state index in [0.29, 0.717) is 11.5 Å². The summed E-state index contributed by atoms with van der Waals surface area (Å²) >= 11 is 0. The van der Waals surface area contributed by atoms with Crippen molar-refractivity contribution in [1.29, 1.82) is 0 Å². The average Bonchev–Trinajstić information content (AvgIpc) is 3.12. The van der Waals surface area contributed by atoms with Gasteiger partial charge >= 0.3 is 0 Å². The SMILES string of the molecule is CCCn1cc[n+]2c1CC1(Cc3n(C(C)C)cc[n+]3C1)C2. The lowest BCUT2D eigenvalue weighted by molar-refractivity contribution is -0.723. The van der Waals surface area contributed by atoms with Crippen LogP contribution in [0, 0.1) is 5.41 Å². The zero-order valence-corrected chi connectivity index (χ0v) is 13.4. The summed E-state index contributed by atoms with van der Waals surface area (Å²) in [4.78, 5) is 0. The highest BCUT2D eigenvalue weighted by Gasteiger charge is 2.52. The predicted molar refractivity (Wildman–Crippen MR) is 79.8 cm³/mol. The summed E-state index contributed by atoms with van der Waals surface area (Å²) in [5.41, 5.74) is 0.416. The monoisotopic (exact) mass is 286 g/mol. The number of imidazole rings is 2. The molecule has 4 rings (SSSR count). The van der Waals surface area contributed by atoms with Gasteiger partial charge in [-0.25, -0.2) is 18.3 Å². The van der Waals surface area contributed by atoms with Crippen molar-refractivity contribution in [3.8, 4) is 0 Å². The molecule has 4 heterocycles. The Hall–Kier alpha value is -1.58. The van der Waals surface area contributed by atoms with Crippen molar-refractivity contribution >= 4 is 0 Å². The van der Waals surface area contributed by atoms with Crippen molar-refractivity contribution in [3.63, 3.8) is 0 Å². The minimum atomic E-state index is 0.416. The van der Waals surface area contributed by atoms with Gasteiger partial charge in [0.2, 0.25) is 0 Å². The molecule has 1 unspecified atom stereocenters. The van der Waals surface area contributed by atoms with Crippen LogP contribution in [0.25, 0.3) is 0 Å². The lowest BCUT2D eigenvalue weighted by Crippen LogP contribution is -2.41. The fourth-order valence-electron chi connectivity index (χ4n) is 4.30. The molecule has 0 amide bonds. The third-order valence-electron chi connectivity index (χ3n) is 5.23. The number of aromatic nitrogens is 4. The summed E-state index contributed by atoms with van der Waals surface area (Å²) in [5.74, 6) is 3.04. The zero-order valence-electron chi connectivity index (χ0n) is 13.4. The minimum absolute atomic E-state index is 0.416. The Morgan fingerprint density at radius 1 is 1.10 bits per heavy atom. The molecule has 0 fully saturated rings. The first-order valence-corrected chi connectivity index (χ1v) is 8.28. The minimum Gasteiger partial charge on any atom is -0.234 e. The molecule has 112 valence electrons. The van der Waals surface area contributed by atoms with Gasteiger partial charge in [0.05, 0.1) is 30.8 Å². The van der Waals surface area contributed by atoms with Crippen LogP contribution in [0.4, 0.5) is 0 Å². The van der Waals surface area contributed by atoms with Gasteiger partial charge in [-0.05, 0) is 20.3 Å². The Morgan fingerprint density at radius 2 is 1.76 bits per heavy atom. The van der Waals surface area contributed by atoms with Crippen LogP contribution in [-0.2, 0) is 32.5 Å². The summed E-state index contributed by atoms with van der Waals surface area (Å²) in [7, 11) is 0. The van der Waals surface area contributed by atoms with Crippen LogP contribution in [0.1, 0.15) is 44.9 Å². The van der Waals surface area contributed by atoms with Crippen LogP contribution >= 0.6 is 0 Å². The van der Waals surface area contributed by atoms with Crippen molar-refractivity contribution in [3.05, 3.63) is 36.4 Å². The number of aryl methyl sites for hydroxylation is 1. The molecule has 1 atom stereocenters. The first-order valence-electron chi connectivity index (χ1n) is 8.28. The van der Waals surface area contributed by atoms with E-state index in [-0.39, 0.29) is 0 Å². The van der Waals surface area contributed by atoms with E-state index in [1.165, 1.54) is 44.0 Å². The Balaban J connectivity index is 1.62. The third kappa shape index (κ3) is 1.88. The normalized spacial score (nSPS) is 23.2. The first-order chi connectivity index (χ1) is 10.1. The number of nitrogens with zero attached hydrogens (tertiary/aromatic N) is 4. The molecule has 0 N–H and O–H groups in total. The summed E-state index contributed by atoms with van der Waals surface area (Å²) in [6, 6.07) is 0.557. The number of rotatable bonds is 3. The van der Waals surface area contributed by atoms with Gasteiger partial charge in [-0.15, -0.1) is 0 Å². The van der Waals surface area contributed by atoms with E-state index in [0.717, 1.165) is 6.54 Å². The standard InChI is InChI=1S/C17H26N4/c1-4-5-18-6-7-19-12-17(10-15(18)19)11-16-20(13-17)8-9-21(16)14(2)3/h6-9,14H,4-5,10-13H2,1-3H3/q+2. The second-order valence-corrected chi connectivity index (χ2v) is 7.23. The van der Waals surface area contributed by atoms with Crippen molar-refractivity contribution in [2.45, 2.75) is 65.7 Å². The van der Waals surface area contributed by atoms with E-state index in [2.05, 4.69) is 63.8 Å². The van der Waals surface area contributed by atoms with Crippen LogP contribution in [0.3, 0.4) is 0 Å². The molecule has 0 saturated carbocycles. The fraction of sp³-hybridized carbons (Fsp3) is 0.647. The molecule has 2 aliphatic heterocycles. The predicted octanol–water partition coefficient (Wildman–Crippen LogP) is 1.65. The molecule has 0 aromatic carbocycles. The molecule has 1 spiro atoms. The second kappa shape index (κ2) is 4.46. The van der Waals surface area contributed by atoms with Crippen LogP contribution in [0.2, 0.25) is 0 Å². The highest BCUT2D eigenvalue weighted by Crippen LogP contribution is 2.36. The van der Waals surface area contributed by atoms with Gasteiger partial charge in [0.15, 0.2) is 0 Å². The van der Waals surface area contributed by atoms with Crippen molar-refractivity contribution in [2.24, 2.45) is 5.41 Å². The van der Waals surface area contributed by atoms with Gasteiger partial charge in [-0.2, -0.15) is 0 Å². The Kier molecular flexibility index (Phi) is 2.78. The lowest BCUT2D eigenvalue weighted by atomic mass is 9.85. The van der Waals surface area contributed by atoms with Crippen molar-refractivity contribution in [1.82, 2.24) is 9.13 Å². The van der Waals surface area contributed by atoms with Crippen LogP contribution in [-0.4, -0.2) is 9.13 Å². The smallest absolute Gasteiger partial charge is 0.234 e. The molecule has 4 nitrogen and oxygen atoms in total. The lowest BCUT2D eigenvalue weighted by Gasteiger charge is -2.15. The van der Waals surface area contributed by atoms with E-state index in [4.69, 9.17) is 0 Å². The van der Waals surface area contributed by atoms with Gasteiger partial charge in [-0.3, -0.25) is 0 Å². The van der Waals surface area contributed by atoms with Gasteiger partial charge in [0.1, 0.15) is 37.9 Å². The average molecular weight is 286 g/mol. The molecule has 0 aliphatic carbocycles. The number of fused-ring (bicyclic) bond motifs is 2. The molecular weight excluding hydrogens is 260 g/mol. The first kappa shape index (κ1) is 13.1. The van der Waals surface area contributed by atoms with E-state index >= 15 is 0 Å². The molecule has 0 radical (unpaired) electrons. The Labute approximate surface area is 126 Å². The number of hydrogen-bond donors (Lipinski definition) is 0. The maximum atomic E-state index is 2.49. The molecule has 21 heavy (non-hydrogen) atoms. The van der Waals surface area contributed by atoms with Gasteiger partial charge < -0.3 is 0 Å². The fourth-order valence-corrected chi connectivity index (χ4v) is 4.30. The Morgan fingerprint density at radius 3 is 2.48 bits per heavy atom. The molecule has 4 heteroatoms. The maximum Gasteiger partial charge on any atom is 0.257 e. The third-order valence-corrected chi connectivity index (χ3v) is 5.23. The second-order valence-electron chi connectivity index (χ2n) is 7.23. The summed E-state index contributed by atoms with van der Waals surface area (Å²) in [6.07, 6.45) is 12.7. The van der Waals surface area contributed by atoms with Crippen LogP contribution in [0.5, 0.6) is 0 Å². The summed E-state index contributed by atoms with van der Waals surface area (Å²) in [6.45, 7) is 10.3. The van der Waals surface area contributed by atoms with Crippen molar-refractivity contribution < 1.29 is 9.13 Å². The molecular formula is C17H26N4+2. The largest absolute Gasteiger partial charge is 0.257 e. The Bertz CT molecular complexity index is 679. The number of hydrogen-bond acceptors (Lipinski definition) is 0. The van der Waals surface area contributed by atoms with E-state index in [1.54, 1.807) is 0 Å². The topological polar surface area (TPSA) is 17.6 Å². The van der Waals surface area contributed by atoms with Crippen LogP contribution in [0.15, 0.2) is 24.8 Å². The zero-order chi connectivity index (χ0) is 14.6. The van der Waals surface area contributed by atoms with E-state index in [9.17, 15) is 0 Å². The van der Waals surface area contributed by atoms with E-state index < -0.39 is 0 Å². The molecule has 0 saturated heterocycles. The molecule has 2 aromatic heterocycles. The molecule has 0 bridgehead atoms. The summed E-state index contributed by atoms with van der Waals surface area (Å²) < 4.78 is 9.87. The van der Waals surface area contributed by atoms with E-state index in [1.807, 2.05) is 0 Å². The molecule has 2 aliphatic rings. The van der Waals surface area contributed by atoms with Crippen molar-refractivity contribution in [2.75, 3.05) is 0 Å². The highest BCUT2D eigenvalue weighted by molar-refractivity contribution is 5.03. The van der Waals surface area contributed by atoms with Crippen LogP contribution < -0.4 is 9.13 Å². The van der Waals surface area contributed by atoms with Gasteiger partial charge in [0.25, 0.3) is 11.6 Å². The van der Waals surface area contributed by atoms with Gasteiger partial charge in [0, 0.05) is 0 Å². The molecule has 2 aromatic rings. The van der Waals surface area contributed by atoms with Gasteiger partial charge in [-0.1, -0.05) is 6.92 Å². The maximum absolute atomic E-state index is 2.49. The quantitative estimate of drug-likeness (QED) is 0.764. The highest BCUT2D eigenvalue weighted by atomic mass is 15.2. The summed E-state index contributed by atoms with van der Waals surface area (Å²) in [5, 5.41) is 0.